The van der Waals surface area contributed by atoms with Crippen LogP contribution in [0, 0.1) is 0 Å². The van der Waals surface area contributed by atoms with E-state index in [0.717, 1.165) is 22.0 Å². The molecular formula is C18H17NO3. The lowest BCUT2D eigenvalue weighted by molar-refractivity contribution is 0.355. The van der Waals surface area contributed by atoms with Crippen LogP contribution in [-0.2, 0) is 0 Å². The van der Waals surface area contributed by atoms with Crippen LogP contribution in [0.1, 0.15) is 0 Å². The Balaban J connectivity index is 2.25. The van der Waals surface area contributed by atoms with E-state index in [0.29, 0.717) is 17.4 Å². The molecule has 1 aromatic heterocycles. The molecule has 112 valence electrons. The van der Waals surface area contributed by atoms with E-state index in [4.69, 9.17) is 14.2 Å². The summed E-state index contributed by atoms with van der Waals surface area (Å²) < 4.78 is 16.0. The maximum absolute atomic E-state index is 5.38. The Morgan fingerprint density at radius 1 is 0.773 bits per heavy atom. The zero-order valence-electron chi connectivity index (χ0n) is 12.8. The number of hydrogen-bond acceptors (Lipinski definition) is 4. The van der Waals surface area contributed by atoms with Gasteiger partial charge in [-0.1, -0.05) is 24.3 Å². The second-order valence-corrected chi connectivity index (χ2v) is 4.80. The van der Waals surface area contributed by atoms with Gasteiger partial charge in [0.15, 0.2) is 11.5 Å². The van der Waals surface area contributed by atoms with Crippen molar-refractivity contribution >= 4 is 10.8 Å². The van der Waals surface area contributed by atoms with E-state index in [1.54, 1.807) is 21.3 Å². The molecule has 22 heavy (non-hydrogen) atoms. The van der Waals surface area contributed by atoms with Crippen molar-refractivity contribution in [2.24, 2.45) is 0 Å². The predicted octanol–water partition coefficient (Wildman–Crippen LogP) is 3.93. The molecular weight excluding hydrogens is 278 g/mol. The van der Waals surface area contributed by atoms with E-state index in [2.05, 4.69) is 4.98 Å². The van der Waals surface area contributed by atoms with Crippen molar-refractivity contribution in [1.82, 2.24) is 4.98 Å². The summed E-state index contributed by atoms with van der Waals surface area (Å²) in [4.78, 5) is 4.60. The van der Waals surface area contributed by atoms with Crippen LogP contribution in [0.5, 0.6) is 17.4 Å². The Kier molecular flexibility index (Phi) is 3.83. The van der Waals surface area contributed by atoms with Gasteiger partial charge in [-0.25, -0.2) is 4.98 Å². The van der Waals surface area contributed by atoms with Crippen LogP contribution in [0.3, 0.4) is 0 Å². The third-order valence-corrected chi connectivity index (χ3v) is 3.58. The highest BCUT2D eigenvalue weighted by molar-refractivity contribution is 5.95. The molecule has 0 aliphatic rings. The fourth-order valence-electron chi connectivity index (χ4n) is 2.48. The topological polar surface area (TPSA) is 40.6 Å². The number of aromatic nitrogens is 1. The van der Waals surface area contributed by atoms with Gasteiger partial charge in [0.2, 0.25) is 5.88 Å². The molecule has 0 saturated heterocycles. The number of ether oxygens (including phenoxy) is 3. The van der Waals surface area contributed by atoms with Gasteiger partial charge in [0.1, 0.15) is 0 Å². The quantitative estimate of drug-likeness (QED) is 0.731. The molecule has 4 nitrogen and oxygen atoms in total. The molecule has 0 radical (unpaired) electrons. The molecule has 0 N–H and O–H groups in total. The highest BCUT2D eigenvalue weighted by atomic mass is 16.5. The second kappa shape index (κ2) is 5.93. The van der Waals surface area contributed by atoms with E-state index in [1.165, 1.54) is 0 Å². The van der Waals surface area contributed by atoms with Gasteiger partial charge in [-0.05, 0) is 23.6 Å². The van der Waals surface area contributed by atoms with Crippen LogP contribution in [0.25, 0.3) is 22.0 Å². The molecule has 0 saturated carbocycles. The van der Waals surface area contributed by atoms with Crippen molar-refractivity contribution in [1.29, 1.82) is 0 Å². The molecule has 0 aliphatic heterocycles. The molecule has 1 heterocycles. The molecule has 3 aromatic rings. The van der Waals surface area contributed by atoms with Crippen molar-refractivity contribution < 1.29 is 14.2 Å². The minimum absolute atomic E-state index is 0.587. The van der Waals surface area contributed by atoms with Gasteiger partial charge in [-0.15, -0.1) is 0 Å². The van der Waals surface area contributed by atoms with E-state index >= 15 is 0 Å². The zero-order valence-corrected chi connectivity index (χ0v) is 12.8. The van der Waals surface area contributed by atoms with Crippen molar-refractivity contribution in [3.63, 3.8) is 0 Å². The first-order valence-corrected chi connectivity index (χ1v) is 6.93. The zero-order chi connectivity index (χ0) is 15.5. The van der Waals surface area contributed by atoms with Gasteiger partial charge in [0.25, 0.3) is 0 Å². The molecule has 0 atom stereocenters. The number of benzene rings is 2. The lowest BCUT2D eigenvalue weighted by atomic mass is 10.0. The Morgan fingerprint density at radius 2 is 1.55 bits per heavy atom. The van der Waals surface area contributed by atoms with Crippen LogP contribution in [0.15, 0.2) is 48.5 Å². The maximum atomic E-state index is 5.38. The Labute approximate surface area is 129 Å². The first-order valence-electron chi connectivity index (χ1n) is 6.93. The van der Waals surface area contributed by atoms with Crippen LogP contribution in [0.4, 0.5) is 0 Å². The molecule has 0 unspecified atom stereocenters. The molecule has 3 rings (SSSR count). The number of methoxy groups -OCH3 is 3. The molecule has 0 bridgehead atoms. The van der Waals surface area contributed by atoms with Crippen LogP contribution in [0.2, 0.25) is 0 Å². The van der Waals surface area contributed by atoms with Crippen molar-refractivity contribution in [2.75, 3.05) is 21.3 Å². The Bertz CT molecular complexity index is 815. The van der Waals surface area contributed by atoms with Gasteiger partial charge in [-0.3, -0.25) is 0 Å². The Hall–Kier alpha value is -2.75. The van der Waals surface area contributed by atoms with E-state index in [-0.39, 0.29) is 0 Å². The fraction of sp³-hybridized carbons (Fsp3) is 0.167. The van der Waals surface area contributed by atoms with E-state index in [9.17, 15) is 0 Å². The van der Waals surface area contributed by atoms with Crippen LogP contribution < -0.4 is 14.2 Å². The normalized spacial score (nSPS) is 10.5. The number of hydrogen-bond donors (Lipinski definition) is 0. The molecule has 2 aromatic carbocycles. The minimum atomic E-state index is 0.587. The largest absolute Gasteiger partial charge is 0.493 e. The van der Waals surface area contributed by atoms with E-state index in [1.807, 2.05) is 48.5 Å². The van der Waals surface area contributed by atoms with Crippen LogP contribution >= 0.6 is 0 Å². The first-order chi connectivity index (χ1) is 10.8. The van der Waals surface area contributed by atoms with Crippen molar-refractivity contribution in [3.05, 3.63) is 48.5 Å². The lowest BCUT2D eigenvalue weighted by Gasteiger charge is -2.12. The van der Waals surface area contributed by atoms with Crippen molar-refractivity contribution in [2.45, 2.75) is 0 Å². The minimum Gasteiger partial charge on any atom is -0.493 e. The molecule has 0 aliphatic carbocycles. The molecule has 4 heteroatoms. The summed E-state index contributed by atoms with van der Waals surface area (Å²) >= 11 is 0. The standard InChI is InChI=1S/C18H17NO3/c1-20-15-9-8-13(10-16(15)21-2)18-14-7-5-4-6-12(14)11-17(19-18)22-3/h4-11H,1-3H3. The summed E-state index contributed by atoms with van der Waals surface area (Å²) in [5.41, 5.74) is 1.81. The van der Waals surface area contributed by atoms with Crippen LogP contribution in [-0.4, -0.2) is 26.3 Å². The molecule has 0 amide bonds. The highest BCUT2D eigenvalue weighted by Crippen LogP contribution is 2.35. The summed E-state index contributed by atoms with van der Waals surface area (Å²) in [7, 11) is 4.87. The number of fused-ring (bicyclic) bond motifs is 1. The summed E-state index contributed by atoms with van der Waals surface area (Å²) in [5.74, 6) is 1.95. The highest BCUT2D eigenvalue weighted by Gasteiger charge is 2.11. The lowest BCUT2D eigenvalue weighted by Crippen LogP contribution is -1.94. The number of nitrogens with zero attached hydrogens (tertiary/aromatic N) is 1. The van der Waals surface area contributed by atoms with E-state index < -0.39 is 0 Å². The average molecular weight is 295 g/mol. The third kappa shape index (κ3) is 2.44. The number of rotatable bonds is 4. The number of pyridine rings is 1. The predicted molar refractivity (Wildman–Crippen MR) is 86.8 cm³/mol. The monoisotopic (exact) mass is 295 g/mol. The van der Waals surface area contributed by atoms with Gasteiger partial charge >= 0.3 is 0 Å². The van der Waals surface area contributed by atoms with Gasteiger partial charge in [0, 0.05) is 17.0 Å². The van der Waals surface area contributed by atoms with Gasteiger partial charge in [0.05, 0.1) is 27.0 Å². The SMILES string of the molecule is COc1cc2ccccc2c(-c2ccc(OC)c(OC)c2)n1. The summed E-state index contributed by atoms with van der Waals surface area (Å²) in [5, 5.41) is 2.15. The maximum Gasteiger partial charge on any atom is 0.214 e. The Morgan fingerprint density at radius 3 is 2.27 bits per heavy atom. The smallest absolute Gasteiger partial charge is 0.214 e. The molecule has 0 spiro atoms. The summed E-state index contributed by atoms with van der Waals surface area (Å²) in [6, 6.07) is 15.8. The summed E-state index contributed by atoms with van der Waals surface area (Å²) in [6.45, 7) is 0. The second-order valence-electron chi connectivity index (χ2n) is 4.80. The molecule has 0 fully saturated rings. The van der Waals surface area contributed by atoms with Gasteiger partial charge < -0.3 is 14.2 Å². The third-order valence-electron chi connectivity index (χ3n) is 3.58. The van der Waals surface area contributed by atoms with Crippen molar-refractivity contribution in [3.8, 4) is 28.6 Å². The fourth-order valence-corrected chi connectivity index (χ4v) is 2.48. The average Bonchev–Trinajstić information content (AvgIpc) is 2.60. The summed E-state index contributed by atoms with van der Waals surface area (Å²) in [6.07, 6.45) is 0. The first kappa shape index (κ1) is 14.2. The van der Waals surface area contributed by atoms with Gasteiger partial charge in [-0.2, -0.15) is 0 Å².